The Morgan fingerprint density at radius 1 is 1.44 bits per heavy atom. The molecule has 0 radical (unpaired) electrons. The van der Waals surface area contributed by atoms with Gasteiger partial charge in [0, 0.05) is 25.8 Å². The smallest absolute Gasteiger partial charge is 0.253 e. The summed E-state index contributed by atoms with van der Waals surface area (Å²) in [7, 11) is 0. The first-order chi connectivity index (χ1) is 8.63. The van der Waals surface area contributed by atoms with Crippen LogP contribution in [0.4, 0.5) is 0 Å². The normalized spacial score (nSPS) is 18.2. The van der Waals surface area contributed by atoms with Crippen molar-refractivity contribution in [2.75, 3.05) is 19.6 Å². The van der Waals surface area contributed by atoms with Crippen LogP contribution in [0.5, 0.6) is 0 Å². The molecule has 1 N–H and O–H groups in total. The molecule has 3 heteroatoms. The third-order valence-electron chi connectivity index (χ3n) is 3.58. The maximum Gasteiger partial charge on any atom is 0.253 e. The summed E-state index contributed by atoms with van der Waals surface area (Å²) in [6, 6.07) is 0. The molecule has 96 valence electrons. The first kappa shape index (κ1) is 12.7. The minimum atomic E-state index is 0.156. The lowest BCUT2D eigenvalue weighted by molar-refractivity contribution is -0.127. The van der Waals surface area contributed by atoms with Crippen LogP contribution in [-0.2, 0) is 4.79 Å². The monoisotopic (exact) mass is 244 g/mol. The minimum Gasteiger partial charge on any atom is -0.386 e. The minimum absolute atomic E-state index is 0.156. The zero-order chi connectivity index (χ0) is 13.1. The molecule has 0 atom stereocenters. The largest absolute Gasteiger partial charge is 0.386 e. The van der Waals surface area contributed by atoms with Gasteiger partial charge in [-0.1, -0.05) is 26.2 Å². The van der Waals surface area contributed by atoms with Crippen molar-refractivity contribution in [1.82, 2.24) is 10.2 Å². The highest BCUT2D eigenvalue weighted by atomic mass is 16.2. The van der Waals surface area contributed by atoms with E-state index in [2.05, 4.69) is 31.5 Å². The van der Waals surface area contributed by atoms with E-state index in [1.807, 2.05) is 4.90 Å². The summed E-state index contributed by atoms with van der Waals surface area (Å²) in [5.41, 5.74) is 4.26. The molecule has 3 nitrogen and oxygen atoms in total. The maximum atomic E-state index is 12.0. The van der Waals surface area contributed by atoms with E-state index >= 15 is 0 Å². The van der Waals surface area contributed by atoms with E-state index in [4.69, 9.17) is 0 Å². The Morgan fingerprint density at radius 3 is 2.61 bits per heavy atom. The molecule has 0 saturated carbocycles. The summed E-state index contributed by atoms with van der Waals surface area (Å²) >= 11 is 0. The number of carbonyl (C=O) groups excluding carboxylic acids is 1. The van der Waals surface area contributed by atoms with Gasteiger partial charge in [0.05, 0.1) is 5.57 Å². The molecule has 18 heavy (non-hydrogen) atoms. The number of amides is 1. The second-order valence-corrected chi connectivity index (χ2v) is 4.72. The van der Waals surface area contributed by atoms with E-state index in [0.29, 0.717) is 13.1 Å². The standard InChI is InChI=1S/C15H20N2O/c1-4-11(2)12(3)13-5-7-17(8-6-13)15(18)14-9-16-10-14/h5,9,16H,2-4,6-8,10H2,1H3. The highest BCUT2D eigenvalue weighted by molar-refractivity contribution is 5.95. The van der Waals surface area contributed by atoms with Crippen LogP contribution >= 0.6 is 0 Å². The van der Waals surface area contributed by atoms with Gasteiger partial charge in [0.15, 0.2) is 0 Å². The van der Waals surface area contributed by atoms with Crippen LogP contribution in [0.25, 0.3) is 0 Å². The molecule has 0 unspecified atom stereocenters. The van der Waals surface area contributed by atoms with Crippen LogP contribution in [-0.4, -0.2) is 30.4 Å². The van der Waals surface area contributed by atoms with Gasteiger partial charge in [-0.25, -0.2) is 0 Å². The van der Waals surface area contributed by atoms with Crippen LogP contribution < -0.4 is 5.32 Å². The number of allylic oxidation sites excluding steroid dienone is 2. The number of hydrogen-bond acceptors (Lipinski definition) is 2. The Balaban J connectivity index is 1.97. The molecule has 0 aliphatic carbocycles. The fourth-order valence-electron chi connectivity index (χ4n) is 2.11. The number of nitrogens with zero attached hydrogens (tertiary/aromatic N) is 1. The zero-order valence-corrected chi connectivity index (χ0v) is 11.0. The average Bonchev–Trinajstić information content (AvgIpc) is 2.35. The Bertz CT molecular complexity index is 457. The van der Waals surface area contributed by atoms with Crippen LogP contribution in [0.2, 0.25) is 0 Å². The lowest BCUT2D eigenvalue weighted by Crippen LogP contribution is -2.41. The number of carbonyl (C=O) groups is 1. The van der Waals surface area contributed by atoms with Crippen molar-refractivity contribution in [1.29, 1.82) is 0 Å². The molecule has 2 aliphatic heterocycles. The van der Waals surface area contributed by atoms with Crippen LogP contribution in [0.1, 0.15) is 19.8 Å². The van der Waals surface area contributed by atoms with Gasteiger partial charge >= 0.3 is 0 Å². The van der Waals surface area contributed by atoms with Crippen LogP contribution in [0.15, 0.2) is 47.7 Å². The second-order valence-electron chi connectivity index (χ2n) is 4.72. The van der Waals surface area contributed by atoms with Crippen molar-refractivity contribution < 1.29 is 4.79 Å². The Labute approximate surface area is 109 Å². The fourth-order valence-corrected chi connectivity index (χ4v) is 2.11. The summed E-state index contributed by atoms with van der Waals surface area (Å²) in [4.78, 5) is 13.9. The van der Waals surface area contributed by atoms with Crippen molar-refractivity contribution in [2.24, 2.45) is 0 Å². The SMILES string of the molecule is C=C(CC)C(=C)C1=CCN(C(=O)C2=CNC2)CC1. The highest BCUT2D eigenvalue weighted by Crippen LogP contribution is 2.25. The fraction of sp³-hybridized carbons (Fsp3) is 0.400. The highest BCUT2D eigenvalue weighted by Gasteiger charge is 2.23. The zero-order valence-electron chi connectivity index (χ0n) is 11.0. The molecule has 2 aliphatic rings. The third-order valence-corrected chi connectivity index (χ3v) is 3.58. The second kappa shape index (κ2) is 5.25. The van der Waals surface area contributed by atoms with Gasteiger partial charge in [-0.3, -0.25) is 4.79 Å². The van der Waals surface area contributed by atoms with Crippen molar-refractivity contribution >= 4 is 5.91 Å². The number of nitrogens with one attached hydrogen (secondary N) is 1. The third kappa shape index (κ3) is 2.40. The van der Waals surface area contributed by atoms with Gasteiger partial charge in [-0.2, -0.15) is 0 Å². The van der Waals surface area contributed by atoms with Crippen LogP contribution in [0, 0.1) is 0 Å². The summed E-state index contributed by atoms with van der Waals surface area (Å²) in [5.74, 6) is 0.156. The van der Waals surface area contributed by atoms with Crippen molar-refractivity contribution in [3.63, 3.8) is 0 Å². The van der Waals surface area contributed by atoms with Gasteiger partial charge < -0.3 is 10.2 Å². The van der Waals surface area contributed by atoms with E-state index in [-0.39, 0.29) is 5.91 Å². The van der Waals surface area contributed by atoms with E-state index in [1.54, 1.807) is 6.20 Å². The van der Waals surface area contributed by atoms with Crippen molar-refractivity contribution in [3.05, 3.63) is 47.7 Å². The lowest BCUT2D eigenvalue weighted by atomic mass is 9.94. The van der Waals surface area contributed by atoms with Gasteiger partial charge in [0.1, 0.15) is 0 Å². The van der Waals surface area contributed by atoms with E-state index < -0.39 is 0 Å². The van der Waals surface area contributed by atoms with Gasteiger partial charge in [0.25, 0.3) is 5.91 Å². The molecular weight excluding hydrogens is 224 g/mol. The van der Waals surface area contributed by atoms with Crippen molar-refractivity contribution in [3.8, 4) is 0 Å². The molecule has 0 bridgehead atoms. The average molecular weight is 244 g/mol. The summed E-state index contributed by atoms with van der Waals surface area (Å²) in [6.07, 6.45) is 5.71. The Kier molecular flexibility index (Phi) is 3.70. The lowest BCUT2D eigenvalue weighted by Gasteiger charge is -2.30. The van der Waals surface area contributed by atoms with Gasteiger partial charge in [-0.15, -0.1) is 0 Å². The van der Waals surface area contributed by atoms with E-state index in [1.165, 1.54) is 5.57 Å². The van der Waals surface area contributed by atoms with Crippen molar-refractivity contribution in [2.45, 2.75) is 19.8 Å². The van der Waals surface area contributed by atoms with Crippen LogP contribution in [0.3, 0.4) is 0 Å². The summed E-state index contributed by atoms with van der Waals surface area (Å²) in [6.45, 7) is 12.3. The van der Waals surface area contributed by atoms with E-state index in [0.717, 1.165) is 36.1 Å². The molecule has 0 fully saturated rings. The predicted octanol–water partition coefficient (Wildman–Crippen LogP) is 2.15. The topological polar surface area (TPSA) is 32.3 Å². The quantitative estimate of drug-likeness (QED) is 0.769. The molecule has 0 spiro atoms. The van der Waals surface area contributed by atoms with Gasteiger partial charge in [-0.05, 0) is 29.6 Å². The Morgan fingerprint density at radius 2 is 2.17 bits per heavy atom. The molecule has 0 aromatic rings. The summed E-state index contributed by atoms with van der Waals surface area (Å²) in [5, 5.41) is 2.98. The van der Waals surface area contributed by atoms with E-state index in [9.17, 15) is 4.79 Å². The maximum absolute atomic E-state index is 12.0. The number of hydrogen-bond donors (Lipinski definition) is 1. The first-order valence-corrected chi connectivity index (χ1v) is 6.41. The molecule has 1 amide bonds. The first-order valence-electron chi connectivity index (χ1n) is 6.41. The molecule has 2 rings (SSSR count). The molecular formula is C15H20N2O. The molecule has 0 saturated heterocycles. The Hall–Kier alpha value is -1.77. The van der Waals surface area contributed by atoms with Gasteiger partial charge in [0.2, 0.25) is 0 Å². The summed E-state index contributed by atoms with van der Waals surface area (Å²) < 4.78 is 0. The number of rotatable bonds is 4. The molecule has 2 heterocycles. The predicted molar refractivity (Wildman–Crippen MR) is 73.9 cm³/mol. The molecule has 0 aromatic carbocycles. The molecule has 0 aromatic heterocycles.